The molecule has 0 radical (unpaired) electrons. The van der Waals surface area contributed by atoms with E-state index in [1.807, 2.05) is 48.5 Å². The summed E-state index contributed by atoms with van der Waals surface area (Å²) < 4.78 is 6.15. The van der Waals surface area contributed by atoms with Crippen LogP contribution in [0.2, 0.25) is 0 Å². The number of carbonyl (C=O) groups excluding carboxylic acids is 1. The van der Waals surface area contributed by atoms with E-state index in [-0.39, 0.29) is 5.91 Å². The molecule has 0 aliphatic heterocycles. The molecule has 1 amide bonds. The van der Waals surface area contributed by atoms with Crippen LogP contribution in [0.1, 0.15) is 5.56 Å². The van der Waals surface area contributed by atoms with Gasteiger partial charge in [-0.3, -0.25) is 10.1 Å². The highest BCUT2D eigenvalue weighted by molar-refractivity contribution is 7.22. The van der Waals surface area contributed by atoms with Crippen LogP contribution >= 0.6 is 11.3 Å². The zero-order chi connectivity index (χ0) is 15.4. The van der Waals surface area contributed by atoms with E-state index in [1.165, 1.54) is 17.4 Å². The maximum absolute atomic E-state index is 11.9. The van der Waals surface area contributed by atoms with Crippen molar-refractivity contribution in [1.29, 1.82) is 0 Å². The first-order chi connectivity index (χ1) is 10.7. The van der Waals surface area contributed by atoms with E-state index < -0.39 is 0 Å². The van der Waals surface area contributed by atoms with Gasteiger partial charge in [-0.15, -0.1) is 0 Å². The van der Waals surface area contributed by atoms with Gasteiger partial charge in [-0.2, -0.15) is 0 Å². The first kappa shape index (κ1) is 14.3. The zero-order valence-corrected chi connectivity index (χ0v) is 12.8. The molecule has 22 heavy (non-hydrogen) atoms. The predicted molar refractivity (Wildman–Crippen MR) is 90.3 cm³/mol. The van der Waals surface area contributed by atoms with Crippen LogP contribution in [0.15, 0.2) is 54.6 Å². The Labute approximate surface area is 132 Å². The molecule has 0 saturated heterocycles. The smallest absolute Gasteiger partial charge is 0.250 e. The second-order valence-corrected chi connectivity index (χ2v) is 5.62. The summed E-state index contributed by atoms with van der Waals surface area (Å²) in [5, 5.41) is 3.35. The minimum absolute atomic E-state index is 0.199. The fourth-order valence-electron chi connectivity index (χ4n) is 1.97. The summed E-state index contributed by atoms with van der Waals surface area (Å²) in [6.45, 7) is 0. The van der Waals surface area contributed by atoms with Gasteiger partial charge in [-0.1, -0.05) is 41.7 Å². The Morgan fingerprint density at radius 2 is 2.05 bits per heavy atom. The van der Waals surface area contributed by atoms with Crippen molar-refractivity contribution >= 4 is 38.7 Å². The summed E-state index contributed by atoms with van der Waals surface area (Å²) in [4.78, 5) is 16.3. The molecule has 0 aliphatic carbocycles. The number of aromatic nitrogens is 1. The Morgan fingerprint density at radius 3 is 2.82 bits per heavy atom. The lowest BCUT2D eigenvalue weighted by Gasteiger charge is -1.96. The summed E-state index contributed by atoms with van der Waals surface area (Å²) in [5.74, 6) is 0.577. The van der Waals surface area contributed by atoms with Gasteiger partial charge < -0.3 is 4.74 Å². The fourth-order valence-corrected chi connectivity index (χ4v) is 2.87. The molecule has 3 aromatic rings. The van der Waals surface area contributed by atoms with Gasteiger partial charge in [0.2, 0.25) is 5.91 Å². The number of benzene rings is 2. The average Bonchev–Trinajstić information content (AvgIpc) is 2.95. The largest absolute Gasteiger partial charge is 0.497 e. The second-order valence-electron chi connectivity index (χ2n) is 4.59. The van der Waals surface area contributed by atoms with E-state index in [9.17, 15) is 4.79 Å². The molecule has 4 nitrogen and oxygen atoms in total. The Bertz CT molecular complexity index is 825. The molecule has 3 rings (SSSR count). The molecule has 1 aromatic heterocycles. The summed E-state index contributed by atoms with van der Waals surface area (Å²) in [7, 11) is 1.62. The number of anilines is 1. The molecule has 0 atom stereocenters. The van der Waals surface area contributed by atoms with E-state index in [0.717, 1.165) is 21.5 Å². The molecule has 0 bridgehead atoms. The second kappa shape index (κ2) is 6.41. The highest BCUT2D eigenvalue weighted by Crippen LogP contribution is 2.29. The average molecular weight is 310 g/mol. The van der Waals surface area contributed by atoms with Crippen LogP contribution < -0.4 is 10.1 Å². The van der Waals surface area contributed by atoms with Crippen molar-refractivity contribution in [2.75, 3.05) is 12.4 Å². The van der Waals surface area contributed by atoms with Gasteiger partial charge in [0.05, 0.1) is 17.3 Å². The van der Waals surface area contributed by atoms with Crippen molar-refractivity contribution in [2.24, 2.45) is 0 Å². The van der Waals surface area contributed by atoms with Gasteiger partial charge in [0.15, 0.2) is 5.13 Å². The number of nitrogens with zero attached hydrogens (tertiary/aromatic N) is 1. The lowest BCUT2D eigenvalue weighted by atomic mass is 10.2. The first-order valence-corrected chi connectivity index (χ1v) is 7.55. The SMILES string of the molecule is COc1ccc2nc(NC(=O)C=Cc3ccccc3)sc2c1. The van der Waals surface area contributed by atoms with Crippen molar-refractivity contribution in [3.05, 3.63) is 60.2 Å². The van der Waals surface area contributed by atoms with Crippen molar-refractivity contribution in [2.45, 2.75) is 0 Å². The molecular formula is C17H14N2O2S. The van der Waals surface area contributed by atoms with Gasteiger partial charge in [-0.05, 0) is 29.8 Å². The third-order valence-electron chi connectivity index (χ3n) is 3.05. The van der Waals surface area contributed by atoms with Crippen LogP contribution in [0.3, 0.4) is 0 Å². The highest BCUT2D eigenvalue weighted by Gasteiger charge is 2.06. The standard InChI is InChI=1S/C17H14N2O2S/c1-21-13-8-9-14-15(11-13)22-17(18-14)19-16(20)10-7-12-5-3-2-4-6-12/h2-11H,1H3,(H,18,19,20). The lowest BCUT2D eigenvalue weighted by Crippen LogP contribution is -2.07. The summed E-state index contributed by atoms with van der Waals surface area (Å²) in [6.07, 6.45) is 3.27. The van der Waals surface area contributed by atoms with E-state index in [1.54, 1.807) is 13.2 Å². The Hall–Kier alpha value is -2.66. The number of thiazole rings is 1. The molecule has 0 spiro atoms. The Balaban J connectivity index is 1.72. The van der Waals surface area contributed by atoms with Gasteiger partial charge in [0, 0.05) is 6.08 Å². The van der Waals surface area contributed by atoms with Gasteiger partial charge in [-0.25, -0.2) is 4.98 Å². The molecule has 0 saturated carbocycles. The molecule has 2 aromatic carbocycles. The monoisotopic (exact) mass is 310 g/mol. The van der Waals surface area contributed by atoms with E-state index in [0.29, 0.717) is 5.13 Å². The van der Waals surface area contributed by atoms with Crippen molar-refractivity contribution in [3.8, 4) is 5.75 Å². The Kier molecular flexibility index (Phi) is 4.16. The third kappa shape index (κ3) is 3.32. The van der Waals surface area contributed by atoms with Crippen molar-refractivity contribution < 1.29 is 9.53 Å². The van der Waals surface area contributed by atoms with Crippen LogP contribution in [-0.2, 0) is 4.79 Å². The highest BCUT2D eigenvalue weighted by atomic mass is 32.1. The van der Waals surface area contributed by atoms with Crippen molar-refractivity contribution in [1.82, 2.24) is 4.98 Å². The Morgan fingerprint density at radius 1 is 1.23 bits per heavy atom. The van der Waals surface area contributed by atoms with E-state index in [4.69, 9.17) is 4.74 Å². The molecule has 5 heteroatoms. The molecule has 110 valence electrons. The number of ether oxygens (including phenoxy) is 1. The molecule has 0 unspecified atom stereocenters. The maximum Gasteiger partial charge on any atom is 0.250 e. The molecular weight excluding hydrogens is 296 g/mol. The molecule has 0 fully saturated rings. The minimum atomic E-state index is -0.199. The number of hydrogen-bond acceptors (Lipinski definition) is 4. The quantitative estimate of drug-likeness (QED) is 0.742. The molecule has 0 aliphatic rings. The first-order valence-electron chi connectivity index (χ1n) is 6.73. The van der Waals surface area contributed by atoms with Crippen LogP contribution in [0.5, 0.6) is 5.75 Å². The molecule has 1 N–H and O–H groups in total. The van der Waals surface area contributed by atoms with Crippen LogP contribution in [-0.4, -0.2) is 18.0 Å². The maximum atomic E-state index is 11.9. The number of carbonyl (C=O) groups is 1. The number of fused-ring (bicyclic) bond motifs is 1. The number of methoxy groups -OCH3 is 1. The van der Waals surface area contributed by atoms with Gasteiger partial charge in [0.25, 0.3) is 0 Å². The van der Waals surface area contributed by atoms with Crippen LogP contribution in [0, 0.1) is 0 Å². The lowest BCUT2D eigenvalue weighted by molar-refractivity contribution is -0.111. The minimum Gasteiger partial charge on any atom is -0.497 e. The zero-order valence-electron chi connectivity index (χ0n) is 11.9. The third-order valence-corrected chi connectivity index (χ3v) is 3.99. The summed E-state index contributed by atoms with van der Waals surface area (Å²) >= 11 is 1.42. The summed E-state index contributed by atoms with van der Waals surface area (Å²) in [6, 6.07) is 15.3. The normalized spacial score (nSPS) is 11.0. The van der Waals surface area contributed by atoms with E-state index >= 15 is 0 Å². The molecule has 1 heterocycles. The number of amides is 1. The predicted octanol–water partition coefficient (Wildman–Crippen LogP) is 3.96. The van der Waals surface area contributed by atoms with Gasteiger partial charge >= 0.3 is 0 Å². The van der Waals surface area contributed by atoms with E-state index in [2.05, 4.69) is 10.3 Å². The van der Waals surface area contributed by atoms with Crippen molar-refractivity contribution in [3.63, 3.8) is 0 Å². The van der Waals surface area contributed by atoms with Gasteiger partial charge in [0.1, 0.15) is 5.75 Å². The summed E-state index contributed by atoms with van der Waals surface area (Å²) in [5.41, 5.74) is 1.82. The van der Waals surface area contributed by atoms with Crippen LogP contribution in [0.25, 0.3) is 16.3 Å². The van der Waals surface area contributed by atoms with Crippen LogP contribution in [0.4, 0.5) is 5.13 Å². The fraction of sp³-hybridized carbons (Fsp3) is 0.0588. The number of rotatable bonds is 4. The number of nitrogens with one attached hydrogen (secondary N) is 1. The topological polar surface area (TPSA) is 51.2 Å². The number of hydrogen-bond donors (Lipinski definition) is 1.